The van der Waals surface area contributed by atoms with E-state index in [1.165, 1.54) is 186 Å². The minimum absolute atomic E-state index is 0.0858. The van der Waals surface area contributed by atoms with Gasteiger partial charge in [0.1, 0.15) is 6.61 Å². The molecule has 1 unspecified atom stereocenters. The van der Waals surface area contributed by atoms with E-state index in [0.29, 0.717) is 12.8 Å². The van der Waals surface area contributed by atoms with Crippen molar-refractivity contribution in [1.29, 1.82) is 0 Å². The fraction of sp³-hybridized carbons (Fsp3) is 0.663. The lowest BCUT2D eigenvalue weighted by Gasteiger charge is -2.15. The summed E-state index contributed by atoms with van der Waals surface area (Å²) >= 11 is 0. The smallest absolute Gasteiger partial charge is 0.306 e. The van der Waals surface area contributed by atoms with Gasteiger partial charge in [-0.25, -0.2) is 0 Å². The van der Waals surface area contributed by atoms with Crippen LogP contribution < -0.4 is 0 Å². The summed E-state index contributed by atoms with van der Waals surface area (Å²) in [6, 6.07) is 0. The highest BCUT2D eigenvalue weighted by Crippen LogP contribution is 2.17. The highest BCUT2D eigenvalue weighted by atomic mass is 16.6. The Bertz CT molecular complexity index is 1860. The first kappa shape index (κ1) is 83.5. The second kappa shape index (κ2) is 76.8. The third kappa shape index (κ3) is 74.0. The number of rotatable bonds is 67. The molecule has 5 heteroatoms. The molecule has 0 aliphatic heterocycles. The van der Waals surface area contributed by atoms with Crippen molar-refractivity contribution in [2.24, 2.45) is 0 Å². The molecule has 0 spiro atoms. The summed E-state index contributed by atoms with van der Waals surface area (Å²) in [7, 11) is 0. The van der Waals surface area contributed by atoms with Gasteiger partial charge in [0.15, 0.2) is 6.10 Å². The van der Waals surface area contributed by atoms with Crippen LogP contribution in [-0.4, -0.2) is 36.4 Å². The molecule has 0 aliphatic rings. The molecule has 5 nitrogen and oxygen atoms in total. The molecular formula is C83H138O5. The maximum atomic E-state index is 12.4. The molecular weight excluding hydrogens is 1080 g/mol. The van der Waals surface area contributed by atoms with Gasteiger partial charge in [0.25, 0.3) is 0 Å². The first-order valence-electron chi connectivity index (χ1n) is 37.0. The summed E-state index contributed by atoms with van der Waals surface area (Å²) in [6.45, 7) is 4.01. The number of hydrogen-bond donors (Lipinski definition) is 1. The Morgan fingerprint density at radius 2 is 0.489 bits per heavy atom. The normalized spacial score (nSPS) is 13.2. The van der Waals surface area contributed by atoms with E-state index in [2.05, 4.69) is 172 Å². The van der Waals surface area contributed by atoms with Crippen LogP contribution in [-0.2, 0) is 19.1 Å². The van der Waals surface area contributed by atoms with Gasteiger partial charge in [-0.15, -0.1) is 0 Å². The Morgan fingerprint density at radius 3 is 0.750 bits per heavy atom. The monoisotopic (exact) mass is 1220 g/mol. The fourth-order valence-corrected chi connectivity index (χ4v) is 10.3. The maximum absolute atomic E-state index is 12.4. The molecule has 0 aromatic carbocycles. The van der Waals surface area contributed by atoms with Crippen LogP contribution in [0, 0.1) is 0 Å². The number of ether oxygens (including phenoxy) is 2. The number of unbranched alkanes of at least 4 members (excludes halogenated alkanes) is 33. The zero-order chi connectivity index (χ0) is 63.3. The average molecular weight is 1220 g/mol. The van der Waals surface area contributed by atoms with Gasteiger partial charge in [-0.1, -0.05) is 352 Å². The molecule has 0 radical (unpaired) electrons. The van der Waals surface area contributed by atoms with Crippen molar-refractivity contribution in [3.63, 3.8) is 0 Å². The Labute approximate surface area is 545 Å². The van der Waals surface area contributed by atoms with E-state index >= 15 is 0 Å². The quantitative estimate of drug-likeness (QED) is 0.0373. The van der Waals surface area contributed by atoms with E-state index in [-0.39, 0.29) is 25.2 Å². The Hall–Kier alpha value is -4.48. The molecule has 0 aromatic rings. The third-order valence-electron chi connectivity index (χ3n) is 15.8. The summed E-state index contributed by atoms with van der Waals surface area (Å²) in [5.74, 6) is -0.627. The van der Waals surface area contributed by atoms with Gasteiger partial charge in [0, 0.05) is 12.8 Å². The number of carbonyl (C=O) groups excluding carboxylic acids is 2. The highest BCUT2D eigenvalue weighted by Gasteiger charge is 2.16. The fourth-order valence-electron chi connectivity index (χ4n) is 10.3. The maximum Gasteiger partial charge on any atom is 0.306 e. The minimum Gasteiger partial charge on any atom is -0.462 e. The van der Waals surface area contributed by atoms with Gasteiger partial charge in [0.05, 0.1) is 6.61 Å². The summed E-state index contributed by atoms with van der Waals surface area (Å²) in [5.41, 5.74) is 0. The molecule has 0 heterocycles. The second-order valence-electron chi connectivity index (χ2n) is 24.3. The highest BCUT2D eigenvalue weighted by molar-refractivity contribution is 5.70. The van der Waals surface area contributed by atoms with Crippen molar-refractivity contribution in [1.82, 2.24) is 0 Å². The third-order valence-corrected chi connectivity index (χ3v) is 15.8. The van der Waals surface area contributed by atoms with Gasteiger partial charge in [-0.2, -0.15) is 0 Å². The lowest BCUT2D eigenvalue weighted by Crippen LogP contribution is -2.28. The van der Waals surface area contributed by atoms with Gasteiger partial charge in [0.2, 0.25) is 0 Å². The summed E-state index contributed by atoms with van der Waals surface area (Å²) in [4.78, 5) is 24.7. The molecule has 0 saturated heterocycles. The van der Waals surface area contributed by atoms with Gasteiger partial charge in [-0.3, -0.25) is 9.59 Å². The van der Waals surface area contributed by atoms with Crippen LogP contribution >= 0.6 is 0 Å². The summed E-state index contributed by atoms with van der Waals surface area (Å²) < 4.78 is 10.7. The van der Waals surface area contributed by atoms with Crippen molar-refractivity contribution in [3.8, 4) is 0 Å². The molecule has 0 rings (SSSR count). The van der Waals surface area contributed by atoms with Gasteiger partial charge in [-0.05, 0) is 128 Å². The molecule has 500 valence electrons. The molecule has 0 fully saturated rings. The van der Waals surface area contributed by atoms with E-state index in [0.717, 1.165) is 122 Å². The Morgan fingerprint density at radius 1 is 0.273 bits per heavy atom. The standard InChI is InChI=1S/C83H138O5/c1-3-5-7-9-11-13-15-17-19-21-23-25-27-29-31-33-35-37-39-41-43-45-47-49-51-53-55-57-59-61-63-65-67-69-71-73-75-77-82(85)87-80-81(79-84)88-83(86)78-76-74-72-70-68-66-64-62-60-58-56-54-52-50-48-46-44-42-40-38-36-34-32-30-28-26-24-22-20-18-16-14-12-10-8-6-4-2/h6,8,12,14-15,17-18,20-21,23-24,26,30,32,36,38,42,44,48,50,54,56,60,62,66,68,81,84H,3-5,7,9-11,13,16,19,22,25,27-29,31,33-35,37,39-41,43,45-47,49,51-53,55,57-59,61,63-65,67,69-80H2,1-2H3/b8-6-,14-12-,17-15-,20-18-,23-21-,26-24-,32-30-,38-36-,44-42-,50-48-,56-54-,62-60-,68-66-. The van der Waals surface area contributed by atoms with E-state index in [9.17, 15) is 14.7 Å². The SMILES string of the molecule is CC/C=C\C/C=C\C/C=C\C/C=C\C/C=C\C/C=C\C/C=C\C/C=C\C/C=C\C/C=C\C/C=C\CCCCCC(=O)OC(CO)COC(=O)CCCCCCCCCCCCCCCCCCCCCCCCCCC/C=C\C/C=C\CCCCCCC. The van der Waals surface area contributed by atoms with Crippen LogP contribution in [0.1, 0.15) is 335 Å². The van der Waals surface area contributed by atoms with Crippen LogP contribution in [0.25, 0.3) is 0 Å². The molecule has 0 aromatic heterocycles. The first-order valence-corrected chi connectivity index (χ1v) is 37.0. The van der Waals surface area contributed by atoms with E-state index in [1.54, 1.807) is 0 Å². The first-order chi connectivity index (χ1) is 43.6. The molecule has 88 heavy (non-hydrogen) atoms. The topological polar surface area (TPSA) is 72.8 Å². The summed E-state index contributed by atoms with van der Waals surface area (Å²) in [5, 5.41) is 9.71. The van der Waals surface area contributed by atoms with Crippen molar-refractivity contribution < 1.29 is 24.2 Å². The number of aliphatic hydroxyl groups is 1. The number of carbonyl (C=O) groups is 2. The van der Waals surface area contributed by atoms with Crippen LogP contribution in [0.5, 0.6) is 0 Å². The molecule has 0 aliphatic carbocycles. The van der Waals surface area contributed by atoms with Gasteiger partial charge >= 0.3 is 11.9 Å². The zero-order valence-corrected chi connectivity index (χ0v) is 57.4. The van der Waals surface area contributed by atoms with E-state index in [4.69, 9.17) is 9.47 Å². The van der Waals surface area contributed by atoms with Crippen LogP contribution in [0.2, 0.25) is 0 Å². The predicted molar refractivity (Wildman–Crippen MR) is 389 cm³/mol. The number of allylic oxidation sites excluding steroid dienone is 26. The lowest BCUT2D eigenvalue weighted by molar-refractivity contribution is -0.161. The number of hydrogen-bond acceptors (Lipinski definition) is 5. The lowest BCUT2D eigenvalue weighted by atomic mass is 10.0. The van der Waals surface area contributed by atoms with E-state index in [1.807, 2.05) is 0 Å². The number of esters is 2. The van der Waals surface area contributed by atoms with E-state index < -0.39 is 6.10 Å². The van der Waals surface area contributed by atoms with Crippen molar-refractivity contribution in [2.75, 3.05) is 13.2 Å². The molecule has 0 amide bonds. The van der Waals surface area contributed by atoms with Crippen LogP contribution in [0.4, 0.5) is 0 Å². The second-order valence-corrected chi connectivity index (χ2v) is 24.3. The zero-order valence-electron chi connectivity index (χ0n) is 57.4. The van der Waals surface area contributed by atoms with Crippen molar-refractivity contribution in [2.45, 2.75) is 341 Å². The molecule has 1 atom stereocenters. The molecule has 1 N–H and O–H groups in total. The summed E-state index contributed by atoms with van der Waals surface area (Å²) in [6.07, 6.45) is 117. The Balaban J connectivity index is 3.55. The van der Waals surface area contributed by atoms with Crippen LogP contribution in [0.15, 0.2) is 158 Å². The average Bonchev–Trinajstić information content (AvgIpc) is 3.55. The Kier molecular flexibility index (Phi) is 72.9. The van der Waals surface area contributed by atoms with Crippen molar-refractivity contribution in [3.05, 3.63) is 158 Å². The van der Waals surface area contributed by atoms with Crippen molar-refractivity contribution >= 4 is 11.9 Å². The number of aliphatic hydroxyl groups excluding tert-OH is 1. The largest absolute Gasteiger partial charge is 0.462 e. The van der Waals surface area contributed by atoms with Gasteiger partial charge < -0.3 is 14.6 Å². The molecule has 0 saturated carbocycles. The predicted octanol–water partition coefficient (Wildman–Crippen LogP) is 26.2. The molecule has 0 bridgehead atoms. The minimum atomic E-state index is -0.802. The van der Waals surface area contributed by atoms with Crippen LogP contribution in [0.3, 0.4) is 0 Å².